The summed E-state index contributed by atoms with van der Waals surface area (Å²) in [6.07, 6.45) is 2.18. The summed E-state index contributed by atoms with van der Waals surface area (Å²) < 4.78 is 4.99. The summed E-state index contributed by atoms with van der Waals surface area (Å²) in [7, 11) is 1.52. The summed E-state index contributed by atoms with van der Waals surface area (Å²) in [5.74, 6) is -0.805. The Morgan fingerprint density at radius 3 is 2.43 bits per heavy atom. The van der Waals surface area contributed by atoms with Crippen LogP contribution >= 0.6 is 11.8 Å². The largest absolute Gasteiger partial charge is 0.497 e. The van der Waals surface area contributed by atoms with Crippen molar-refractivity contribution in [2.45, 2.75) is 12.5 Å². The maximum atomic E-state index is 11.9. The van der Waals surface area contributed by atoms with Gasteiger partial charge in [0.1, 0.15) is 11.8 Å². The highest BCUT2D eigenvalue weighted by Gasteiger charge is 2.19. The number of amides is 2. The second kappa shape index (κ2) is 9.73. The van der Waals surface area contributed by atoms with Gasteiger partial charge in [-0.2, -0.15) is 11.8 Å². The lowest BCUT2D eigenvalue weighted by atomic mass is 10.2. The molecule has 0 heterocycles. The van der Waals surface area contributed by atoms with Crippen molar-refractivity contribution in [2.24, 2.45) is 0 Å². The number of methoxy groups -OCH3 is 1. The van der Waals surface area contributed by atoms with Crippen LogP contribution in [0, 0.1) is 0 Å². The third-order valence-electron chi connectivity index (χ3n) is 3.01. The Morgan fingerprint density at radius 2 is 1.91 bits per heavy atom. The number of hydrogen-bond acceptors (Lipinski definition) is 5. The van der Waals surface area contributed by atoms with E-state index in [0.29, 0.717) is 23.5 Å². The number of nitrogens with one attached hydrogen (secondary N) is 2. The topological polar surface area (TPSA) is 105 Å². The molecule has 0 radical (unpaired) electrons. The van der Waals surface area contributed by atoms with E-state index in [0.717, 1.165) is 0 Å². The van der Waals surface area contributed by atoms with Crippen molar-refractivity contribution in [3.8, 4) is 5.75 Å². The van der Waals surface area contributed by atoms with Crippen molar-refractivity contribution in [3.05, 3.63) is 29.8 Å². The molecular weight excluding hydrogens is 320 g/mol. The highest BCUT2D eigenvalue weighted by Crippen LogP contribution is 2.10. The summed E-state index contributed by atoms with van der Waals surface area (Å²) in [6.45, 7) is -0.284. The van der Waals surface area contributed by atoms with Crippen LogP contribution in [0.15, 0.2) is 24.3 Å². The first-order valence-corrected chi connectivity index (χ1v) is 8.30. The van der Waals surface area contributed by atoms with Crippen LogP contribution in [0.5, 0.6) is 5.75 Å². The fourth-order valence-electron chi connectivity index (χ4n) is 1.74. The molecule has 0 saturated carbocycles. The molecule has 3 N–H and O–H groups in total. The quantitative estimate of drug-likeness (QED) is 0.613. The number of rotatable bonds is 9. The van der Waals surface area contributed by atoms with Crippen molar-refractivity contribution in [1.82, 2.24) is 10.6 Å². The zero-order valence-electron chi connectivity index (χ0n) is 13.0. The molecule has 126 valence electrons. The maximum Gasteiger partial charge on any atom is 0.326 e. The highest BCUT2D eigenvalue weighted by molar-refractivity contribution is 7.98. The lowest BCUT2D eigenvalue weighted by molar-refractivity contribution is -0.141. The van der Waals surface area contributed by atoms with Gasteiger partial charge in [0.2, 0.25) is 5.91 Å². The van der Waals surface area contributed by atoms with E-state index in [1.54, 1.807) is 24.3 Å². The average molecular weight is 340 g/mol. The Hall–Kier alpha value is -2.22. The van der Waals surface area contributed by atoms with Crippen LogP contribution < -0.4 is 15.4 Å². The normalized spacial score (nSPS) is 11.4. The molecule has 0 aromatic heterocycles. The van der Waals surface area contributed by atoms with Gasteiger partial charge in [-0.1, -0.05) is 0 Å². The Bertz CT molecular complexity index is 547. The minimum absolute atomic E-state index is 0.284. The van der Waals surface area contributed by atoms with Crippen LogP contribution in [-0.4, -0.2) is 54.6 Å². The molecule has 0 bridgehead atoms. The van der Waals surface area contributed by atoms with Crippen molar-refractivity contribution < 1.29 is 24.2 Å². The van der Waals surface area contributed by atoms with E-state index in [1.807, 2.05) is 6.26 Å². The van der Waals surface area contributed by atoms with E-state index in [2.05, 4.69) is 10.6 Å². The number of thioether (sulfide) groups is 1. The van der Waals surface area contributed by atoms with Crippen LogP contribution in [-0.2, 0) is 9.59 Å². The van der Waals surface area contributed by atoms with Crippen molar-refractivity contribution in [2.75, 3.05) is 25.7 Å². The van der Waals surface area contributed by atoms with Crippen LogP contribution in [0.2, 0.25) is 0 Å². The number of aliphatic carboxylic acids is 1. The first-order chi connectivity index (χ1) is 11.0. The molecule has 2 amide bonds. The fraction of sp³-hybridized carbons (Fsp3) is 0.400. The van der Waals surface area contributed by atoms with Gasteiger partial charge in [0.15, 0.2) is 0 Å². The van der Waals surface area contributed by atoms with Gasteiger partial charge in [-0.05, 0) is 42.7 Å². The molecule has 0 aliphatic carbocycles. The second-order valence-corrected chi connectivity index (χ2v) is 5.64. The van der Waals surface area contributed by atoms with Gasteiger partial charge in [0.25, 0.3) is 5.91 Å². The zero-order valence-corrected chi connectivity index (χ0v) is 13.8. The van der Waals surface area contributed by atoms with Gasteiger partial charge in [0.05, 0.1) is 13.7 Å². The highest BCUT2D eigenvalue weighted by atomic mass is 32.2. The van der Waals surface area contributed by atoms with Crippen molar-refractivity contribution >= 4 is 29.5 Å². The van der Waals surface area contributed by atoms with E-state index < -0.39 is 23.8 Å². The maximum absolute atomic E-state index is 11.9. The smallest absolute Gasteiger partial charge is 0.326 e. The lowest BCUT2D eigenvalue weighted by Crippen LogP contribution is -2.45. The Balaban J connectivity index is 2.47. The molecular formula is C15H20N2O5S. The van der Waals surface area contributed by atoms with E-state index in [-0.39, 0.29) is 6.54 Å². The number of hydrogen-bond donors (Lipinski definition) is 3. The zero-order chi connectivity index (χ0) is 17.2. The first-order valence-electron chi connectivity index (χ1n) is 6.91. The molecule has 1 rings (SSSR count). The molecule has 8 heteroatoms. The minimum Gasteiger partial charge on any atom is -0.497 e. The molecule has 1 aromatic carbocycles. The first kappa shape index (κ1) is 18.8. The summed E-state index contributed by atoms with van der Waals surface area (Å²) in [5.41, 5.74) is 0.385. The SMILES string of the molecule is COc1ccc(C(=O)NCC(=O)N[C@H](CCSC)C(=O)O)cc1. The fourth-order valence-corrected chi connectivity index (χ4v) is 2.21. The number of carboxylic acid groups (broad SMARTS) is 1. The third kappa shape index (κ3) is 6.60. The Labute approximate surface area is 138 Å². The number of benzene rings is 1. The number of carbonyl (C=O) groups is 3. The molecule has 0 spiro atoms. The number of ether oxygens (including phenoxy) is 1. The standard InChI is InChI=1S/C15H20N2O5S/c1-22-11-5-3-10(4-6-11)14(19)16-9-13(18)17-12(15(20)21)7-8-23-2/h3-6,12H,7-9H2,1-2H3,(H,16,19)(H,17,18)(H,20,21)/t12-/m1/s1. The van der Waals surface area contributed by atoms with Gasteiger partial charge < -0.3 is 20.5 Å². The molecule has 1 aromatic rings. The summed E-state index contributed by atoms with van der Waals surface area (Å²) in [5, 5.41) is 13.9. The van der Waals surface area contributed by atoms with E-state index in [4.69, 9.17) is 9.84 Å². The second-order valence-electron chi connectivity index (χ2n) is 4.65. The molecule has 0 aliphatic heterocycles. The predicted octanol–water partition coefficient (Wildman–Crippen LogP) is 0.748. The van der Waals surface area contributed by atoms with E-state index in [9.17, 15) is 14.4 Å². The lowest BCUT2D eigenvalue weighted by Gasteiger charge is -2.14. The number of carbonyl (C=O) groups excluding carboxylic acids is 2. The molecule has 0 unspecified atom stereocenters. The van der Waals surface area contributed by atoms with Crippen LogP contribution in [0.25, 0.3) is 0 Å². The molecule has 1 atom stereocenters. The van der Waals surface area contributed by atoms with E-state index >= 15 is 0 Å². The summed E-state index contributed by atoms with van der Waals surface area (Å²) in [4.78, 5) is 34.7. The van der Waals surface area contributed by atoms with Gasteiger partial charge in [0, 0.05) is 5.56 Å². The van der Waals surface area contributed by atoms with Crippen molar-refractivity contribution in [1.29, 1.82) is 0 Å². The van der Waals surface area contributed by atoms with Crippen LogP contribution in [0.3, 0.4) is 0 Å². The monoisotopic (exact) mass is 340 g/mol. The van der Waals surface area contributed by atoms with Gasteiger partial charge in [-0.3, -0.25) is 9.59 Å². The molecule has 0 saturated heterocycles. The van der Waals surface area contributed by atoms with Gasteiger partial charge >= 0.3 is 5.97 Å². The van der Waals surface area contributed by atoms with Crippen LogP contribution in [0.1, 0.15) is 16.8 Å². The van der Waals surface area contributed by atoms with E-state index in [1.165, 1.54) is 18.9 Å². The van der Waals surface area contributed by atoms with Gasteiger partial charge in [-0.15, -0.1) is 0 Å². The average Bonchev–Trinajstić information content (AvgIpc) is 2.56. The molecule has 23 heavy (non-hydrogen) atoms. The minimum atomic E-state index is -1.09. The summed E-state index contributed by atoms with van der Waals surface area (Å²) >= 11 is 1.50. The predicted molar refractivity (Wildman–Crippen MR) is 87.9 cm³/mol. The van der Waals surface area contributed by atoms with Gasteiger partial charge in [-0.25, -0.2) is 4.79 Å². The summed E-state index contributed by atoms with van der Waals surface area (Å²) in [6, 6.07) is 5.47. The van der Waals surface area contributed by atoms with Crippen LogP contribution in [0.4, 0.5) is 0 Å². The molecule has 0 fully saturated rings. The number of carboxylic acids is 1. The Kier molecular flexibility index (Phi) is 7.96. The third-order valence-corrected chi connectivity index (χ3v) is 3.65. The molecule has 7 nitrogen and oxygen atoms in total. The molecule has 0 aliphatic rings. The Morgan fingerprint density at radius 1 is 1.26 bits per heavy atom. The van der Waals surface area contributed by atoms with Crippen molar-refractivity contribution in [3.63, 3.8) is 0 Å².